The molecule has 23 heavy (non-hydrogen) atoms. The lowest BCUT2D eigenvalue weighted by molar-refractivity contribution is 0.328. The average molecular weight is 492 g/mol. The summed E-state index contributed by atoms with van der Waals surface area (Å²) in [5, 5.41) is 2.34. The van der Waals surface area contributed by atoms with Gasteiger partial charge in [-0.15, -0.1) is 24.0 Å². The van der Waals surface area contributed by atoms with E-state index in [4.69, 9.17) is 10.5 Å². The molecule has 0 aliphatic rings. The Balaban J connectivity index is 0.00000264. The molecule has 0 aromatic heterocycles. The van der Waals surface area contributed by atoms with E-state index in [0.717, 1.165) is 28.7 Å². The Morgan fingerprint density at radius 1 is 1.13 bits per heavy atom. The quantitative estimate of drug-likeness (QED) is 0.284. The second kappa shape index (κ2) is 9.97. The number of hydrogen-bond donors (Lipinski definition) is 1. The molecule has 4 nitrogen and oxygen atoms in total. The molecule has 6 heteroatoms. The molecule has 2 aromatic rings. The molecule has 0 atom stereocenters. The maximum atomic E-state index is 5.92. The number of benzene rings is 2. The van der Waals surface area contributed by atoms with E-state index in [2.05, 4.69) is 53.0 Å². The number of nitrogens with two attached hydrogens (primary N) is 1. The maximum Gasteiger partial charge on any atom is 0.191 e. The van der Waals surface area contributed by atoms with Crippen molar-refractivity contribution in [3.8, 4) is 5.75 Å². The van der Waals surface area contributed by atoms with Crippen molar-refractivity contribution in [1.29, 1.82) is 0 Å². The summed E-state index contributed by atoms with van der Waals surface area (Å²) >= 11 is 3.48. The zero-order valence-electron chi connectivity index (χ0n) is 13.5. The number of ether oxygens (including phenoxy) is 1. The van der Waals surface area contributed by atoms with Crippen LogP contribution in [0, 0.1) is 0 Å². The highest BCUT2D eigenvalue weighted by molar-refractivity contribution is 14.0. The SMILES string of the molecule is CCN(CC)C(N)=NCCOc1ccc2cc(Br)ccc2c1.I. The van der Waals surface area contributed by atoms with E-state index in [1.807, 2.05) is 23.1 Å². The standard InChI is InChI=1S/C17H22BrN3O.HI/c1-3-21(4-2)17(19)20-9-10-22-16-8-6-13-11-15(18)7-5-14(13)12-16;/h5-8,11-12H,3-4,9-10H2,1-2H3,(H2,19,20);1H. The molecule has 0 aliphatic heterocycles. The van der Waals surface area contributed by atoms with Gasteiger partial charge < -0.3 is 15.4 Å². The summed E-state index contributed by atoms with van der Waals surface area (Å²) in [6.45, 7) is 6.94. The first-order valence-electron chi connectivity index (χ1n) is 7.51. The van der Waals surface area contributed by atoms with Gasteiger partial charge in [-0.05, 0) is 48.9 Å². The highest BCUT2D eigenvalue weighted by Gasteiger charge is 2.02. The molecule has 0 unspecified atom stereocenters. The second-order valence-electron chi connectivity index (χ2n) is 4.91. The van der Waals surface area contributed by atoms with Gasteiger partial charge in [-0.2, -0.15) is 0 Å². The highest BCUT2D eigenvalue weighted by Crippen LogP contribution is 2.24. The Kier molecular flexibility index (Phi) is 8.68. The lowest BCUT2D eigenvalue weighted by Gasteiger charge is -2.19. The summed E-state index contributed by atoms with van der Waals surface area (Å²) < 4.78 is 6.83. The van der Waals surface area contributed by atoms with Crippen molar-refractivity contribution < 1.29 is 4.74 Å². The normalized spacial score (nSPS) is 11.2. The van der Waals surface area contributed by atoms with Gasteiger partial charge in [0.15, 0.2) is 5.96 Å². The molecule has 2 aromatic carbocycles. The Morgan fingerprint density at radius 2 is 1.78 bits per heavy atom. The van der Waals surface area contributed by atoms with E-state index < -0.39 is 0 Å². The number of fused-ring (bicyclic) bond motifs is 1. The summed E-state index contributed by atoms with van der Waals surface area (Å²) in [7, 11) is 0. The third kappa shape index (κ3) is 5.84. The average Bonchev–Trinajstić information content (AvgIpc) is 2.52. The van der Waals surface area contributed by atoms with Crippen molar-refractivity contribution >= 4 is 56.6 Å². The number of aliphatic imine (C=N–C) groups is 1. The fourth-order valence-electron chi connectivity index (χ4n) is 2.26. The van der Waals surface area contributed by atoms with Crippen LogP contribution in [0.2, 0.25) is 0 Å². The summed E-state index contributed by atoms with van der Waals surface area (Å²) in [5.74, 6) is 1.43. The summed E-state index contributed by atoms with van der Waals surface area (Å²) in [6, 6.07) is 12.3. The van der Waals surface area contributed by atoms with Crippen LogP contribution < -0.4 is 10.5 Å². The van der Waals surface area contributed by atoms with Gasteiger partial charge in [-0.3, -0.25) is 0 Å². The molecule has 2 N–H and O–H groups in total. The van der Waals surface area contributed by atoms with E-state index in [1.165, 1.54) is 5.39 Å². The Morgan fingerprint density at radius 3 is 2.48 bits per heavy atom. The van der Waals surface area contributed by atoms with Crippen molar-refractivity contribution in [3.63, 3.8) is 0 Å². The van der Waals surface area contributed by atoms with Crippen molar-refractivity contribution in [2.24, 2.45) is 10.7 Å². The lowest BCUT2D eigenvalue weighted by Crippen LogP contribution is -2.37. The van der Waals surface area contributed by atoms with Crippen LogP contribution in [0.15, 0.2) is 45.9 Å². The summed E-state index contributed by atoms with van der Waals surface area (Å²) in [6.07, 6.45) is 0. The maximum absolute atomic E-state index is 5.92. The van der Waals surface area contributed by atoms with Crippen LogP contribution in [-0.2, 0) is 0 Å². The third-order valence-electron chi connectivity index (χ3n) is 3.50. The van der Waals surface area contributed by atoms with E-state index in [0.29, 0.717) is 19.1 Å². The van der Waals surface area contributed by atoms with Crippen LogP contribution in [0.3, 0.4) is 0 Å². The topological polar surface area (TPSA) is 50.8 Å². The van der Waals surface area contributed by atoms with Gasteiger partial charge in [0.2, 0.25) is 0 Å². The fourth-order valence-corrected chi connectivity index (χ4v) is 2.63. The molecule has 0 bridgehead atoms. The number of nitrogens with zero attached hydrogens (tertiary/aromatic N) is 2. The van der Waals surface area contributed by atoms with Gasteiger partial charge in [0, 0.05) is 17.6 Å². The zero-order valence-corrected chi connectivity index (χ0v) is 17.4. The number of hydrogen-bond acceptors (Lipinski definition) is 2. The third-order valence-corrected chi connectivity index (χ3v) is 3.99. The van der Waals surface area contributed by atoms with Gasteiger partial charge in [0.05, 0.1) is 6.54 Å². The number of guanidine groups is 1. The van der Waals surface area contributed by atoms with Crippen LogP contribution in [0.5, 0.6) is 5.75 Å². The van der Waals surface area contributed by atoms with Crippen molar-refractivity contribution in [2.75, 3.05) is 26.2 Å². The Hall–Kier alpha value is -1.02. The first kappa shape index (κ1) is 20.0. The molecule has 0 saturated carbocycles. The smallest absolute Gasteiger partial charge is 0.191 e. The van der Waals surface area contributed by atoms with Gasteiger partial charge in [-0.1, -0.05) is 28.1 Å². The van der Waals surface area contributed by atoms with E-state index in [-0.39, 0.29) is 24.0 Å². The molecular weight excluding hydrogens is 469 g/mol. The predicted octanol–water partition coefficient (Wildman–Crippen LogP) is 4.26. The molecule has 126 valence electrons. The van der Waals surface area contributed by atoms with Gasteiger partial charge >= 0.3 is 0 Å². The van der Waals surface area contributed by atoms with Crippen LogP contribution in [0.25, 0.3) is 10.8 Å². The van der Waals surface area contributed by atoms with Crippen molar-refractivity contribution in [3.05, 3.63) is 40.9 Å². The largest absolute Gasteiger partial charge is 0.492 e. The van der Waals surface area contributed by atoms with E-state index in [1.54, 1.807) is 0 Å². The monoisotopic (exact) mass is 491 g/mol. The van der Waals surface area contributed by atoms with Gasteiger partial charge in [-0.25, -0.2) is 4.99 Å². The first-order chi connectivity index (χ1) is 10.6. The number of rotatable bonds is 6. The van der Waals surface area contributed by atoms with Gasteiger partial charge in [0.1, 0.15) is 12.4 Å². The van der Waals surface area contributed by atoms with Crippen LogP contribution in [0.1, 0.15) is 13.8 Å². The fraction of sp³-hybridized carbons (Fsp3) is 0.353. The molecule has 0 radical (unpaired) electrons. The molecule has 0 spiro atoms. The molecule has 0 fully saturated rings. The minimum Gasteiger partial charge on any atom is -0.492 e. The summed E-state index contributed by atoms with van der Waals surface area (Å²) in [4.78, 5) is 6.37. The highest BCUT2D eigenvalue weighted by atomic mass is 127. The first-order valence-corrected chi connectivity index (χ1v) is 8.30. The molecule has 0 aliphatic carbocycles. The van der Waals surface area contributed by atoms with Crippen LogP contribution in [0.4, 0.5) is 0 Å². The zero-order chi connectivity index (χ0) is 15.9. The predicted molar refractivity (Wildman–Crippen MR) is 112 cm³/mol. The minimum atomic E-state index is 0. The van der Waals surface area contributed by atoms with Crippen molar-refractivity contribution in [1.82, 2.24) is 4.90 Å². The van der Waals surface area contributed by atoms with Crippen LogP contribution >= 0.6 is 39.9 Å². The Labute approximate surface area is 163 Å². The molecular formula is C17H23BrIN3O. The number of halogens is 2. The van der Waals surface area contributed by atoms with Crippen molar-refractivity contribution in [2.45, 2.75) is 13.8 Å². The molecule has 0 heterocycles. The second-order valence-corrected chi connectivity index (χ2v) is 5.83. The molecule has 0 amide bonds. The molecule has 0 saturated heterocycles. The van der Waals surface area contributed by atoms with E-state index in [9.17, 15) is 0 Å². The Bertz CT molecular complexity index is 659. The minimum absolute atomic E-state index is 0. The molecule has 2 rings (SSSR count). The van der Waals surface area contributed by atoms with Gasteiger partial charge in [0.25, 0.3) is 0 Å². The lowest BCUT2D eigenvalue weighted by atomic mass is 10.1. The van der Waals surface area contributed by atoms with E-state index >= 15 is 0 Å². The van der Waals surface area contributed by atoms with Crippen LogP contribution in [-0.4, -0.2) is 37.1 Å². The summed E-state index contributed by atoms with van der Waals surface area (Å²) in [5.41, 5.74) is 5.92.